The zero-order valence-corrected chi connectivity index (χ0v) is 16.2. The maximum atomic E-state index is 11.2. The van der Waals surface area contributed by atoms with E-state index >= 15 is 0 Å². The van der Waals surface area contributed by atoms with Gasteiger partial charge in [0.2, 0.25) is 0 Å². The number of ether oxygens (including phenoxy) is 1. The maximum Gasteiger partial charge on any atom is 0.124 e. The molecule has 0 amide bonds. The summed E-state index contributed by atoms with van der Waals surface area (Å²) in [7, 11) is 1.64. The molecule has 0 saturated carbocycles. The van der Waals surface area contributed by atoms with E-state index in [1.54, 1.807) is 7.11 Å². The average molecular weight is 377 g/mol. The van der Waals surface area contributed by atoms with Crippen LogP contribution in [0.5, 0.6) is 5.75 Å². The van der Waals surface area contributed by atoms with E-state index in [0.717, 1.165) is 35.4 Å². The van der Waals surface area contributed by atoms with Gasteiger partial charge in [-0.25, -0.2) is 0 Å². The van der Waals surface area contributed by atoms with Crippen molar-refractivity contribution in [3.05, 3.63) is 77.9 Å². The minimum Gasteiger partial charge on any atom is -0.496 e. The summed E-state index contributed by atoms with van der Waals surface area (Å²) in [4.78, 5) is 2.23. The SMILES string of the molecule is COc1ccccc1C1(O)CCN(CC(O)c2ccc3ccccc3c2)CC1. The van der Waals surface area contributed by atoms with Crippen LogP contribution in [0.4, 0.5) is 0 Å². The Bertz CT molecular complexity index is 947. The highest BCUT2D eigenvalue weighted by atomic mass is 16.5. The number of likely N-dealkylation sites (tertiary alicyclic amines) is 1. The number of hydrogen-bond donors (Lipinski definition) is 2. The Hall–Kier alpha value is -2.40. The molecule has 1 fully saturated rings. The van der Waals surface area contributed by atoms with E-state index in [1.807, 2.05) is 42.5 Å². The number of para-hydroxylation sites is 1. The number of methoxy groups -OCH3 is 1. The van der Waals surface area contributed by atoms with Crippen molar-refractivity contribution < 1.29 is 14.9 Å². The summed E-state index contributed by atoms with van der Waals surface area (Å²) in [6.07, 6.45) is 0.706. The van der Waals surface area contributed by atoms with Crippen LogP contribution in [0.1, 0.15) is 30.1 Å². The van der Waals surface area contributed by atoms with Crippen molar-refractivity contribution in [2.24, 2.45) is 0 Å². The van der Waals surface area contributed by atoms with E-state index in [0.29, 0.717) is 19.4 Å². The summed E-state index contributed by atoms with van der Waals surface area (Å²) in [5.74, 6) is 0.731. The van der Waals surface area contributed by atoms with E-state index in [2.05, 4.69) is 29.2 Å². The Morgan fingerprint density at radius 3 is 2.39 bits per heavy atom. The molecule has 1 saturated heterocycles. The zero-order valence-electron chi connectivity index (χ0n) is 16.2. The first-order valence-electron chi connectivity index (χ1n) is 9.84. The monoisotopic (exact) mass is 377 g/mol. The molecule has 4 nitrogen and oxygen atoms in total. The highest BCUT2D eigenvalue weighted by molar-refractivity contribution is 5.83. The van der Waals surface area contributed by atoms with Crippen LogP contribution in [0.2, 0.25) is 0 Å². The van der Waals surface area contributed by atoms with Gasteiger partial charge in [-0.3, -0.25) is 0 Å². The quantitative estimate of drug-likeness (QED) is 0.709. The lowest BCUT2D eigenvalue weighted by molar-refractivity contribution is -0.0358. The summed E-state index contributed by atoms with van der Waals surface area (Å²) < 4.78 is 5.43. The molecule has 0 aromatic heterocycles. The molecular formula is C24H27NO3. The van der Waals surface area contributed by atoms with Crippen LogP contribution in [0.25, 0.3) is 10.8 Å². The van der Waals surface area contributed by atoms with Gasteiger partial charge in [-0.05, 0) is 41.3 Å². The molecular weight excluding hydrogens is 350 g/mol. The van der Waals surface area contributed by atoms with Gasteiger partial charge < -0.3 is 19.8 Å². The fourth-order valence-corrected chi connectivity index (χ4v) is 4.17. The third-order valence-electron chi connectivity index (χ3n) is 5.88. The van der Waals surface area contributed by atoms with Crippen molar-refractivity contribution in [2.45, 2.75) is 24.5 Å². The fraction of sp³-hybridized carbons (Fsp3) is 0.333. The normalized spacial score (nSPS) is 18.1. The second-order valence-electron chi connectivity index (χ2n) is 7.65. The van der Waals surface area contributed by atoms with Crippen molar-refractivity contribution in [3.63, 3.8) is 0 Å². The molecule has 3 aromatic carbocycles. The lowest BCUT2D eigenvalue weighted by Crippen LogP contribution is -2.44. The van der Waals surface area contributed by atoms with Crippen molar-refractivity contribution in [3.8, 4) is 5.75 Å². The highest BCUT2D eigenvalue weighted by Gasteiger charge is 2.36. The lowest BCUT2D eigenvalue weighted by atomic mass is 9.83. The van der Waals surface area contributed by atoms with Crippen LogP contribution in [-0.2, 0) is 5.60 Å². The van der Waals surface area contributed by atoms with E-state index in [-0.39, 0.29) is 0 Å². The molecule has 0 radical (unpaired) electrons. The molecule has 0 bridgehead atoms. The number of aliphatic hydroxyl groups is 2. The number of piperidine rings is 1. The number of β-amino-alcohol motifs (C(OH)–C–C–N with tert-alkyl or cyclic N) is 1. The van der Waals surface area contributed by atoms with Crippen LogP contribution in [0, 0.1) is 0 Å². The van der Waals surface area contributed by atoms with E-state index in [1.165, 1.54) is 5.39 Å². The van der Waals surface area contributed by atoms with E-state index < -0.39 is 11.7 Å². The van der Waals surface area contributed by atoms with Crippen LogP contribution in [-0.4, -0.2) is 41.9 Å². The number of aliphatic hydroxyl groups excluding tert-OH is 1. The minimum absolute atomic E-state index is 0.540. The van der Waals surface area contributed by atoms with Crippen molar-refractivity contribution >= 4 is 10.8 Å². The van der Waals surface area contributed by atoms with Gasteiger partial charge in [-0.1, -0.05) is 54.6 Å². The lowest BCUT2D eigenvalue weighted by Gasteiger charge is -2.39. The molecule has 3 aromatic rings. The molecule has 1 atom stereocenters. The topological polar surface area (TPSA) is 52.9 Å². The van der Waals surface area contributed by atoms with Crippen LogP contribution >= 0.6 is 0 Å². The largest absolute Gasteiger partial charge is 0.496 e. The summed E-state index contributed by atoms with van der Waals surface area (Å²) in [6.45, 7) is 2.04. The fourth-order valence-electron chi connectivity index (χ4n) is 4.17. The van der Waals surface area contributed by atoms with E-state index in [4.69, 9.17) is 4.74 Å². The van der Waals surface area contributed by atoms with Crippen molar-refractivity contribution in [1.82, 2.24) is 4.90 Å². The zero-order chi connectivity index (χ0) is 19.6. The Labute approximate surface area is 166 Å². The Kier molecular flexibility index (Phi) is 5.36. The molecule has 146 valence electrons. The summed E-state index contributed by atoms with van der Waals surface area (Å²) in [5.41, 5.74) is 0.910. The first-order chi connectivity index (χ1) is 13.6. The Balaban J connectivity index is 1.42. The van der Waals surface area contributed by atoms with E-state index in [9.17, 15) is 10.2 Å². The minimum atomic E-state index is -0.878. The average Bonchev–Trinajstić information content (AvgIpc) is 2.75. The molecule has 4 heteroatoms. The summed E-state index contributed by atoms with van der Waals surface area (Å²) in [6, 6.07) is 22.0. The summed E-state index contributed by atoms with van der Waals surface area (Å²) in [5, 5.41) is 24.2. The predicted octanol–water partition coefficient (Wildman–Crippen LogP) is 3.87. The van der Waals surface area contributed by atoms with Crippen molar-refractivity contribution in [1.29, 1.82) is 0 Å². The number of fused-ring (bicyclic) bond motifs is 1. The molecule has 1 heterocycles. The van der Waals surface area contributed by atoms with Crippen LogP contribution in [0.15, 0.2) is 66.7 Å². The van der Waals surface area contributed by atoms with Crippen LogP contribution < -0.4 is 4.74 Å². The second kappa shape index (κ2) is 7.92. The first-order valence-corrected chi connectivity index (χ1v) is 9.84. The number of nitrogens with zero attached hydrogens (tertiary/aromatic N) is 1. The Morgan fingerprint density at radius 1 is 0.964 bits per heavy atom. The van der Waals surface area contributed by atoms with Gasteiger partial charge in [0, 0.05) is 25.2 Å². The van der Waals surface area contributed by atoms with Crippen molar-refractivity contribution in [2.75, 3.05) is 26.7 Å². The molecule has 2 N–H and O–H groups in total. The molecule has 0 spiro atoms. The highest BCUT2D eigenvalue weighted by Crippen LogP contribution is 2.38. The standard InChI is InChI=1S/C24H27NO3/c1-28-23-9-5-4-8-21(23)24(27)12-14-25(15-13-24)17-22(26)20-11-10-18-6-2-3-7-19(18)16-20/h2-11,16,22,26-27H,12-15,17H2,1H3. The first kappa shape index (κ1) is 18.9. The van der Waals surface area contributed by atoms with Gasteiger partial charge in [0.25, 0.3) is 0 Å². The molecule has 28 heavy (non-hydrogen) atoms. The van der Waals surface area contributed by atoms with Gasteiger partial charge in [0.15, 0.2) is 0 Å². The van der Waals surface area contributed by atoms with Crippen LogP contribution in [0.3, 0.4) is 0 Å². The Morgan fingerprint density at radius 2 is 1.64 bits per heavy atom. The smallest absolute Gasteiger partial charge is 0.124 e. The third-order valence-corrected chi connectivity index (χ3v) is 5.88. The number of rotatable bonds is 5. The molecule has 1 aliphatic rings. The third kappa shape index (κ3) is 3.76. The molecule has 1 aliphatic heterocycles. The molecule has 1 unspecified atom stereocenters. The number of hydrogen-bond acceptors (Lipinski definition) is 4. The number of benzene rings is 3. The van der Waals surface area contributed by atoms with Gasteiger partial charge >= 0.3 is 0 Å². The molecule has 4 rings (SSSR count). The van der Waals surface area contributed by atoms with Gasteiger partial charge in [-0.2, -0.15) is 0 Å². The maximum absolute atomic E-state index is 11.2. The summed E-state index contributed by atoms with van der Waals surface area (Å²) >= 11 is 0. The second-order valence-corrected chi connectivity index (χ2v) is 7.65. The predicted molar refractivity (Wildman–Crippen MR) is 111 cm³/mol. The van der Waals surface area contributed by atoms with Gasteiger partial charge in [-0.15, -0.1) is 0 Å². The molecule has 0 aliphatic carbocycles. The van der Waals surface area contributed by atoms with Gasteiger partial charge in [0.05, 0.1) is 18.8 Å². The van der Waals surface area contributed by atoms with Gasteiger partial charge in [0.1, 0.15) is 5.75 Å².